The summed E-state index contributed by atoms with van der Waals surface area (Å²) < 4.78 is 5.21. The molecule has 0 aliphatic carbocycles. The maximum Gasteiger partial charge on any atom is 0.328 e. The molecule has 6 heteroatoms. The molecule has 0 radical (unpaired) electrons. The molecular formula is C14H16N2O4. The quantitative estimate of drug-likeness (QED) is 0.814. The zero-order valence-electron chi connectivity index (χ0n) is 10.9. The Morgan fingerprint density at radius 3 is 2.85 bits per heavy atom. The van der Waals surface area contributed by atoms with Crippen LogP contribution in [0.4, 0.5) is 5.82 Å². The van der Waals surface area contributed by atoms with Gasteiger partial charge in [-0.25, -0.2) is 9.78 Å². The molecule has 1 amide bonds. The summed E-state index contributed by atoms with van der Waals surface area (Å²) in [6, 6.07) is 3.31. The molecule has 1 aromatic heterocycles. The molecule has 0 bridgehead atoms. The van der Waals surface area contributed by atoms with E-state index >= 15 is 0 Å². The summed E-state index contributed by atoms with van der Waals surface area (Å²) in [5, 5.41) is 11.3. The third-order valence-corrected chi connectivity index (χ3v) is 3.05. The lowest BCUT2D eigenvalue weighted by atomic mass is 9.99. The highest BCUT2D eigenvalue weighted by molar-refractivity contribution is 5.92. The van der Waals surface area contributed by atoms with Crippen molar-refractivity contribution in [3.05, 3.63) is 30.0 Å². The van der Waals surface area contributed by atoms with Gasteiger partial charge in [-0.1, -0.05) is 0 Å². The van der Waals surface area contributed by atoms with Crippen molar-refractivity contribution in [1.82, 2.24) is 4.98 Å². The lowest BCUT2D eigenvalue weighted by molar-refractivity contribution is -0.131. The fourth-order valence-corrected chi connectivity index (χ4v) is 1.97. The molecule has 20 heavy (non-hydrogen) atoms. The summed E-state index contributed by atoms with van der Waals surface area (Å²) in [5.41, 5.74) is 0.671. The predicted octanol–water partition coefficient (Wildman–Crippen LogP) is 1.54. The van der Waals surface area contributed by atoms with Gasteiger partial charge in [-0.05, 0) is 36.6 Å². The summed E-state index contributed by atoms with van der Waals surface area (Å²) in [6.45, 7) is 1.21. The number of carboxylic acids is 1. The lowest BCUT2D eigenvalue weighted by Crippen LogP contribution is -2.28. The second-order valence-corrected chi connectivity index (χ2v) is 4.52. The number of carboxylic acid groups (broad SMARTS) is 1. The summed E-state index contributed by atoms with van der Waals surface area (Å²) in [6.07, 6.45) is 5.45. The number of nitrogens with zero attached hydrogens (tertiary/aromatic N) is 1. The molecule has 0 atom stereocenters. The minimum atomic E-state index is -1.02. The average Bonchev–Trinajstić information content (AvgIpc) is 2.46. The van der Waals surface area contributed by atoms with Crippen molar-refractivity contribution in [1.29, 1.82) is 0 Å². The van der Waals surface area contributed by atoms with Crippen LogP contribution in [0.5, 0.6) is 0 Å². The smallest absolute Gasteiger partial charge is 0.328 e. The third-order valence-electron chi connectivity index (χ3n) is 3.05. The molecule has 6 nitrogen and oxygen atoms in total. The Morgan fingerprint density at radius 1 is 1.40 bits per heavy atom. The number of anilines is 1. The van der Waals surface area contributed by atoms with E-state index in [4.69, 9.17) is 9.84 Å². The molecule has 0 saturated carbocycles. The third kappa shape index (κ3) is 4.17. The van der Waals surface area contributed by atoms with E-state index in [-0.39, 0.29) is 11.8 Å². The monoisotopic (exact) mass is 276 g/mol. The van der Waals surface area contributed by atoms with Crippen molar-refractivity contribution in [3.63, 3.8) is 0 Å². The molecule has 1 fully saturated rings. The number of amides is 1. The van der Waals surface area contributed by atoms with E-state index in [9.17, 15) is 9.59 Å². The van der Waals surface area contributed by atoms with Crippen molar-refractivity contribution in [3.8, 4) is 0 Å². The first-order chi connectivity index (χ1) is 9.65. The molecule has 1 saturated heterocycles. The number of aromatic nitrogens is 1. The molecule has 2 N–H and O–H groups in total. The molecular weight excluding hydrogens is 260 g/mol. The van der Waals surface area contributed by atoms with Crippen LogP contribution in [-0.2, 0) is 14.3 Å². The first-order valence-corrected chi connectivity index (χ1v) is 6.41. The largest absolute Gasteiger partial charge is 0.478 e. The van der Waals surface area contributed by atoms with Crippen molar-refractivity contribution in [2.75, 3.05) is 18.5 Å². The number of carbonyl (C=O) groups excluding carboxylic acids is 1. The van der Waals surface area contributed by atoms with Gasteiger partial charge in [0.15, 0.2) is 0 Å². The normalized spacial score (nSPS) is 16.2. The number of pyridine rings is 1. The highest BCUT2D eigenvalue weighted by Crippen LogP contribution is 2.17. The van der Waals surface area contributed by atoms with Crippen LogP contribution in [0.3, 0.4) is 0 Å². The van der Waals surface area contributed by atoms with Gasteiger partial charge in [-0.2, -0.15) is 0 Å². The van der Waals surface area contributed by atoms with Crippen molar-refractivity contribution < 1.29 is 19.4 Å². The standard InChI is InChI=1S/C14H16N2O4/c17-13(18)2-1-10-3-6-15-12(9-10)16-14(19)11-4-7-20-8-5-11/h1-3,6,9,11H,4-5,7-8H2,(H,17,18)(H,15,16,19)/b2-1+. The summed E-state index contributed by atoms with van der Waals surface area (Å²) >= 11 is 0. The Morgan fingerprint density at radius 2 is 2.15 bits per heavy atom. The van der Waals surface area contributed by atoms with E-state index in [1.54, 1.807) is 12.1 Å². The molecule has 2 rings (SSSR count). The summed E-state index contributed by atoms with van der Waals surface area (Å²) in [5.74, 6) is -0.715. The molecule has 0 spiro atoms. The number of nitrogens with one attached hydrogen (secondary N) is 1. The second-order valence-electron chi connectivity index (χ2n) is 4.52. The van der Waals surface area contributed by atoms with E-state index in [0.29, 0.717) is 37.4 Å². The summed E-state index contributed by atoms with van der Waals surface area (Å²) in [4.78, 5) is 26.5. The van der Waals surface area contributed by atoms with Crippen LogP contribution in [0, 0.1) is 5.92 Å². The maximum absolute atomic E-state index is 12.0. The molecule has 2 heterocycles. The number of carbonyl (C=O) groups is 2. The fraction of sp³-hybridized carbons (Fsp3) is 0.357. The average molecular weight is 276 g/mol. The Kier molecular flexibility index (Phi) is 4.84. The zero-order chi connectivity index (χ0) is 14.4. The van der Waals surface area contributed by atoms with Gasteiger partial charge in [-0.15, -0.1) is 0 Å². The van der Waals surface area contributed by atoms with Gasteiger partial charge < -0.3 is 15.2 Å². The van der Waals surface area contributed by atoms with Gasteiger partial charge in [0, 0.05) is 31.4 Å². The maximum atomic E-state index is 12.0. The van der Waals surface area contributed by atoms with Gasteiger partial charge in [0.25, 0.3) is 0 Å². The van der Waals surface area contributed by atoms with Crippen molar-refractivity contribution in [2.45, 2.75) is 12.8 Å². The topological polar surface area (TPSA) is 88.5 Å². The number of ether oxygens (including phenoxy) is 1. The highest BCUT2D eigenvalue weighted by Gasteiger charge is 2.21. The van der Waals surface area contributed by atoms with Crippen molar-refractivity contribution in [2.24, 2.45) is 5.92 Å². The van der Waals surface area contributed by atoms with Crippen LogP contribution in [0.25, 0.3) is 6.08 Å². The van der Waals surface area contributed by atoms with Gasteiger partial charge in [-0.3, -0.25) is 4.79 Å². The van der Waals surface area contributed by atoms with Crippen LogP contribution < -0.4 is 5.32 Å². The molecule has 0 unspecified atom stereocenters. The number of hydrogen-bond donors (Lipinski definition) is 2. The minimum absolute atomic E-state index is 0.0521. The molecule has 1 aliphatic rings. The van der Waals surface area contributed by atoms with Gasteiger partial charge in [0.2, 0.25) is 5.91 Å². The fourth-order valence-electron chi connectivity index (χ4n) is 1.97. The van der Waals surface area contributed by atoms with E-state index in [1.165, 1.54) is 12.3 Å². The van der Waals surface area contributed by atoms with Gasteiger partial charge in [0.1, 0.15) is 5.82 Å². The lowest BCUT2D eigenvalue weighted by Gasteiger charge is -2.20. The van der Waals surface area contributed by atoms with Gasteiger partial charge >= 0.3 is 5.97 Å². The van der Waals surface area contributed by atoms with E-state index in [2.05, 4.69) is 10.3 Å². The molecule has 106 valence electrons. The predicted molar refractivity (Wildman–Crippen MR) is 73.1 cm³/mol. The SMILES string of the molecule is O=C(O)/C=C/c1ccnc(NC(=O)C2CCOCC2)c1. The minimum Gasteiger partial charge on any atom is -0.478 e. The van der Waals surface area contributed by atoms with E-state index in [0.717, 1.165) is 6.08 Å². The van der Waals surface area contributed by atoms with Crippen LogP contribution >= 0.6 is 0 Å². The molecule has 0 aromatic carbocycles. The Labute approximate surface area is 116 Å². The van der Waals surface area contributed by atoms with E-state index in [1.807, 2.05) is 0 Å². The Bertz CT molecular complexity index is 522. The molecule has 1 aromatic rings. The summed E-state index contributed by atoms with van der Waals surface area (Å²) in [7, 11) is 0. The van der Waals surface area contributed by atoms with Crippen molar-refractivity contribution >= 4 is 23.8 Å². The number of aliphatic carboxylic acids is 1. The number of rotatable bonds is 4. The van der Waals surface area contributed by atoms with Crippen LogP contribution in [-0.4, -0.2) is 35.2 Å². The van der Waals surface area contributed by atoms with E-state index < -0.39 is 5.97 Å². The Balaban J connectivity index is 2.00. The van der Waals surface area contributed by atoms with Crippen LogP contribution in [0.1, 0.15) is 18.4 Å². The first-order valence-electron chi connectivity index (χ1n) is 6.41. The zero-order valence-corrected chi connectivity index (χ0v) is 10.9. The van der Waals surface area contributed by atoms with Gasteiger partial charge in [0.05, 0.1) is 0 Å². The second kappa shape index (κ2) is 6.81. The highest BCUT2D eigenvalue weighted by atomic mass is 16.5. The Hall–Kier alpha value is -2.21. The molecule has 1 aliphatic heterocycles. The first kappa shape index (κ1) is 14.2. The van der Waals surface area contributed by atoms with Crippen LogP contribution in [0.15, 0.2) is 24.4 Å². The van der Waals surface area contributed by atoms with Crippen LogP contribution in [0.2, 0.25) is 0 Å². The number of hydrogen-bond acceptors (Lipinski definition) is 4.